The number of carbonyl (C=O) groups is 1. The average molecular weight is 412 g/mol. The van der Waals surface area contributed by atoms with E-state index in [1.54, 1.807) is 28.7 Å². The number of carbonyl (C=O) groups excluding carboxylic acids is 1. The van der Waals surface area contributed by atoms with Gasteiger partial charge in [-0.3, -0.25) is 14.0 Å². The third kappa shape index (κ3) is 3.21. The fourth-order valence-electron chi connectivity index (χ4n) is 3.05. The highest BCUT2D eigenvalue weighted by Crippen LogP contribution is 2.24. The lowest BCUT2D eigenvalue weighted by molar-refractivity contribution is 0.103. The Hall–Kier alpha value is -2.97. The number of rotatable bonds is 4. The molecule has 4 aromatic rings. The molecule has 0 radical (unpaired) electrons. The number of anilines is 1. The molecule has 4 rings (SSSR count). The second-order valence-corrected chi connectivity index (χ2v) is 7.91. The van der Waals surface area contributed by atoms with E-state index in [0.717, 1.165) is 22.6 Å². The Labute approximate surface area is 169 Å². The minimum Gasteiger partial charge on any atom is -0.494 e. The molecule has 2 aromatic heterocycles. The second kappa shape index (κ2) is 7.21. The molecule has 0 aliphatic carbocycles. The summed E-state index contributed by atoms with van der Waals surface area (Å²) in [6.45, 7) is 4.41. The first-order chi connectivity index (χ1) is 13.5. The Morgan fingerprint density at radius 1 is 1.25 bits per heavy atom. The maximum absolute atomic E-state index is 12.8. The van der Waals surface area contributed by atoms with Crippen molar-refractivity contribution < 1.29 is 9.53 Å². The molecule has 0 spiro atoms. The van der Waals surface area contributed by atoms with Crippen LogP contribution in [0.5, 0.6) is 5.75 Å². The van der Waals surface area contributed by atoms with Crippen LogP contribution in [0.15, 0.2) is 47.3 Å². The van der Waals surface area contributed by atoms with Gasteiger partial charge in [-0.1, -0.05) is 23.0 Å². The number of amides is 1. The van der Waals surface area contributed by atoms with E-state index in [1.807, 2.05) is 32.0 Å². The maximum atomic E-state index is 12.8. The molecule has 28 heavy (non-hydrogen) atoms. The lowest BCUT2D eigenvalue weighted by Gasteiger charge is -2.07. The summed E-state index contributed by atoms with van der Waals surface area (Å²) in [5.74, 6) is 0.404. The van der Waals surface area contributed by atoms with Crippen molar-refractivity contribution in [3.63, 3.8) is 0 Å². The summed E-state index contributed by atoms with van der Waals surface area (Å²) >= 11 is 6.64. The first kappa shape index (κ1) is 18.4. The highest BCUT2D eigenvalue weighted by molar-refractivity contribution is 7.73. The number of fused-ring (bicyclic) bond motifs is 3. The van der Waals surface area contributed by atoms with Crippen molar-refractivity contribution in [1.29, 1.82) is 0 Å². The highest BCUT2D eigenvalue weighted by atomic mass is 32.1. The van der Waals surface area contributed by atoms with Gasteiger partial charge in [0.05, 0.1) is 17.5 Å². The topological polar surface area (TPSA) is 75.6 Å². The fraction of sp³-hybridized carbons (Fsp3) is 0.150. The molecule has 0 bridgehead atoms. The summed E-state index contributed by atoms with van der Waals surface area (Å²) in [5.41, 5.74) is 2.45. The van der Waals surface area contributed by atoms with Crippen molar-refractivity contribution >= 4 is 51.7 Å². The molecule has 2 aromatic carbocycles. The molecule has 1 amide bonds. The molecule has 142 valence electrons. The molecule has 0 fully saturated rings. The monoisotopic (exact) mass is 411 g/mol. The number of aromatic nitrogens is 2. The number of aromatic amines is 1. The van der Waals surface area contributed by atoms with Gasteiger partial charge in [0.15, 0.2) is 3.95 Å². The molecule has 0 saturated carbocycles. The van der Waals surface area contributed by atoms with Gasteiger partial charge in [-0.2, -0.15) is 0 Å². The number of H-pyrrole nitrogens is 1. The number of nitrogens with one attached hydrogen (secondary N) is 2. The maximum Gasteiger partial charge on any atom is 0.269 e. The summed E-state index contributed by atoms with van der Waals surface area (Å²) in [7, 11) is 0. The molecular weight excluding hydrogens is 394 g/mol. The van der Waals surface area contributed by atoms with Gasteiger partial charge in [0.2, 0.25) is 0 Å². The quantitative estimate of drug-likeness (QED) is 0.484. The summed E-state index contributed by atoms with van der Waals surface area (Å²) in [6, 6.07) is 12.7. The lowest BCUT2D eigenvalue weighted by atomic mass is 10.1. The molecular formula is C20H17N3O3S2. The third-order valence-electron chi connectivity index (χ3n) is 4.31. The largest absolute Gasteiger partial charge is 0.494 e. The van der Waals surface area contributed by atoms with E-state index in [4.69, 9.17) is 17.0 Å². The lowest BCUT2D eigenvalue weighted by Crippen LogP contribution is -2.15. The molecule has 2 heterocycles. The van der Waals surface area contributed by atoms with Crippen LogP contribution < -0.4 is 15.6 Å². The second-order valence-electron chi connectivity index (χ2n) is 6.27. The standard InChI is InChI=1S/C20H17N3O3S2/c1-3-26-13-7-5-12(6-8-13)21-19(25)16-17-22-18(24)14-10-11(2)4-9-15(14)23(17)20(27)28-16/h4-10H,3H2,1-2H3,(H,21,25)(H,22,24). The molecule has 0 aliphatic rings. The SMILES string of the molecule is CCOc1ccc(NC(=O)c2sc(=S)n3c2[nH]c(=O)c2cc(C)ccc23)cc1. The van der Waals surface area contributed by atoms with Gasteiger partial charge >= 0.3 is 0 Å². The fourth-order valence-corrected chi connectivity index (χ4v) is 4.33. The van der Waals surface area contributed by atoms with Crippen LogP contribution in [0.25, 0.3) is 16.6 Å². The van der Waals surface area contributed by atoms with Crippen molar-refractivity contribution in [3.8, 4) is 5.75 Å². The Kier molecular flexibility index (Phi) is 4.74. The Balaban J connectivity index is 1.77. The van der Waals surface area contributed by atoms with Crippen LogP contribution in [0.4, 0.5) is 5.69 Å². The molecule has 0 saturated heterocycles. The van der Waals surface area contributed by atoms with Crippen LogP contribution in [-0.2, 0) is 0 Å². The predicted octanol–water partition coefficient (Wildman–Crippen LogP) is 4.53. The summed E-state index contributed by atoms with van der Waals surface area (Å²) < 4.78 is 7.64. The number of ether oxygens (including phenoxy) is 1. The number of hydrogen-bond acceptors (Lipinski definition) is 5. The van der Waals surface area contributed by atoms with E-state index in [1.165, 1.54) is 0 Å². The molecule has 2 N–H and O–H groups in total. The van der Waals surface area contributed by atoms with Gasteiger partial charge in [-0.25, -0.2) is 0 Å². The van der Waals surface area contributed by atoms with E-state index < -0.39 is 0 Å². The predicted molar refractivity (Wildman–Crippen MR) is 115 cm³/mol. The van der Waals surface area contributed by atoms with Crippen LogP contribution in [0.3, 0.4) is 0 Å². The van der Waals surface area contributed by atoms with Gasteiger partial charge in [-0.15, -0.1) is 0 Å². The zero-order chi connectivity index (χ0) is 19.8. The number of thiazole rings is 1. The van der Waals surface area contributed by atoms with E-state index in [0.29, 0.717) is 37.7 Å². The van der Waals surface area contributed by atoms with Gasteiger partial charge in [0.25, 0.3) is 11.5 Å². The van der Waals surface area contributed by atoms with E-state index in [2.05, 4.69) is 10.3 Å². The van der Waals surface area contributed by atoms with Crippen molar-refractivity contribution in [2.75, 3.05) is 11.9 Å². The van der Waals surface area contributed by atoms with Crippen molar-refractivity contribution in [2.45, 2.75) is 13.8 Å². The van der Waals surface area contributed by atoms with Gasteiger partial charge in [0, 0.05) is 5.69 Å². The molecule has 6 nitrogen and oxygen atoms in total. The van der Waals surface area contributed by atoms with Crippen LogP contribution in [0, 0.1) is 10.9 Å². The van der Waals surface area contributed by atoms with Crippen LogP contribution >= 0.6 is 23.6 Å². The van der Waals surface area contributed by atoms with Gasteiger partial charge < -0.3 is 15.0 Å². The van der Waals surface area contributed by atoms with E-state index in [-0.39, 0.29) is 11.5 Å². The average Bonchev–Trinajstić information content (AvgIpc) is 3.00. The zero-order valence-corrected chi connectivity index (χ0v) is 16.9. The van der Waals surface area contributed by atoms with Crippen LogP contribution in [0.1, 0.15) is 22.2 Å². The molecule has 8 heteroatoms. The Bertz CT molecular complexity index is 1320. The highest BCUT2D eigenvalue weighted by Gasteiger charge is 2.18. The number of nitrogens with zero attached hydrogens (tertiary/aromatic N) is 1. The van der Waals surface area contributed by atoms with Crippen LogP contribution in [-0.4, -0.2) is 21.9 Å². The Morgan fingerprint density at radius 2 is 2.00 bits per heavy atom. The minimum atomic E-state index is -0.329. The van der Waals surface area contributed by atoms with E-state index in [9.17, 15) is 9.59 Å². The number of benzene rings is 2. The molecule has 0 unspecified atom stereocenters. The molecule has 0 aliphatic heterocycles. The van der Waals surface area contributed by atoms with Gasteiger partial charge in [0.1, 0.15) is 16.3 Å². The number of hydrogen-bond donors (Lipinski definition) is 2. The first-order valence-electron chi connectivity index (χ1n) is 8.70. The van der Waals surface area contributed by atoms with Gasteiger partial charge in [-0.05, 0) is 62.5 Å². The summed E-state index contributed by atoms with van der Waals surface area (Å²) in [6.07, 6.45) is 0. The van der Waals surface area contributed by atoms with Crippen LogP contribution in [0.2, 0.25) is 0 Å². The van der Waals surface area contributed by atoms with Crippen molar-refractivity contribution in [2.24, 2.45) is 0 Å². The van der Waals surface area contributed by atoms with E-state index >= 15 is 0 Å². The third-order valence-corrected chi connectivity index (χ3v) is 5.68. The summed E-state index contributed by atoms with van der Waals surface area (Å²) in [4.78, 5) is 28.6. The first-order valence-corrected chi connectivity index (χ1v) is 9.93. The normalized spacial score (nSPS) is 11.1. The van der Waals surface area contributed by atoms with Crippen molar-refractivity contribution in [3.05, 3.63) is 67.2 Å². The number of aryl methyl sites for hydroxylation is 1. The Morgan fingerprint density at radius 3 is 2.71 bits per heavy atom. The minimum absolute atomic E-state index is 0.249. The zero-order valence-electron chi connectivity index (χ0n) is 15.2. The molecule has 0 atom stereocenters. The van der Waals surface area contributed by atoms with Crippen molar-refractivity contribution in [1.82, 2.24) is 9.38 Å². The smallest absolute Gasteiger partial charge is 0.269 e. The summed E-state index contributed by atoms with van der Waals surface area (Å²) in [5, 5.41) is 3.39.